The summed E-state index contributed by atoms with van der Waals surface area (Å²) in [5.41, 5.74) is 0.639. The molecule has 0 saturated heterocycles. The molecular weight excluding hydrogens is 274 g/mol. The lowest BCUT2D eigenvalue weighted by Crippen LogP contribution is -2.51. The SMILES string of the molecule is CCN(CCCO)C(=O)C1(c2cccc(Cl)c2)CCC1. The molecule has 0 spiro atoms. The van der Waals surface area contributed by atoms with E-state index in [0.717, 1.165) is 24.8 Å². The number of rotatable bonds is 6. The highest BCUT2D eigenvalue weighted by molar-refractivity contribution is 6.30. The molecule has 1 fully saturated rings. The van der Waals surface area contributed by atoms with Gasteiger partial charge in [-0.15, -0.1) is 0 Å². The first-order valence-electron chi connectivity index (χ1n) is 7.30. The van der Waals surface area contributed by atoms with Gasteiger partial charge in [-0.25, -0.2) is 0 Å². The molecule has 0 bridgehead atoms. The van der Waals surface area contributed by atoms with Crippen molar-refractivity contribution >= 4 is 17.5 Å². The summed E-state index contributed by atoms with van der Waals surface area (Å²) >= 11 is 6.08. The molecule has 1 aliphatic rings. The number of likely N-dealkylation sites (N-methyl/N-ethyl adjacent to an activating group) is 1. The van der Waals surface area contributed by atoms with E-state index in [-0.39, 0.29) is 12.5 Å². The number of aliphatic hydroxyl groups excluding tert-OH is 1. The number of nitrogens with zero attached hydrogens (tertiary/aromatic N) is 1. The molecule has 110 valence electrons. The lowest BCUT2D eigenvalue weighted by atomic mass is 9.63. The fourth-order valence-electron chi connectivity index (χ4n) is 2.91. The van der Waals surface area contributed by atoms with Crippen molar-refractivity contribution in [3.63, 3.8) is 0 Å². The van der Waals surface area contributed by atoms with Gasteiger partial charge in [0.25, 0.3) is 0 Å². The first-order valence-corrected chi connectivity index (χ1v) is 7.68. The quantitative estimate of drug-likeness (QED) is 0.876. The average Bonchev–Trinajstić information content (AvgIpc) is 2.38. The Hall–Kier alpha value is -1.06. The first-order chi connectivity index (χ1) is 9.64. The smallest absolute Gasteiger partial charge is 0.233 e. The molecule has 0 atom stereocenters. The highest BCUT2D eigenvalue weighted by Gasteiger charge is 2.47. The Balaban J connectivity index is 2.24. The predicted molar refractivity (Wildman–Crippen MR) is 80.9 cm³/mol. The number of carbonyl (C=O) groups excluding carboxylic acids is 1. The average molecular weight is 296 g/mol. The van der Waals surface area contributed by atoms with Crippen LogP contribution in [0.2, 0.25) is 5.02 Å². The Bertz CT molecular complexity index is 471. The van der Waals surface area contributed by atoms with Crippen LogP contribution >= 0.6 is 11.6 Å². The van der Waals surface area contributed by atoms with Gasteiger partial charge in [0.05, 0.1) is 5.41 Å². The summed E-state index contributed by atoms with van der Waals surface area (Å²) in [4.78, 5) is 14.8. The van der Waals surface area contributed by atoms with E-state index in [1.165, 1.54) is 0 Å². The van der Waals surface area contributed by atoms with Crippen LogP contribution in [0.1, 0.15) is 38.2 Å². The van der Waals surface area contributed by atoms with Gasteiger partial charge in [-0.2, -0.15) is 0 Å². The van der Waals surface area contributed by atoms with E-state index < -0.39 is 5.41 Å². The van der Waals surface area contributed by atoms with Crippen molar-refractivity contribution < 1.29 is 9.90 Å². The van der Waals surface area contributed by atoms with Crippen molar-refractivity contribution in [3.05, 3.63) is 34.9 Å². The van der Waals surface area contributed by atoms with Crippen molar-refractivity contribution in [2.24, 2.45) is 0 Å². The zero-order valence-electron chi connectivity index (χ0n) is 11.9. The van der Waals surface area contributed by atoms with Crippen LogP contribution in [0.15, 0.2) is 24.3 Å². The third-order valence-corrected chi connectivity index (χ3v) is 4.48. The van der Waals surface area contributed by atoms with Gasteiger partial charge >= 0.3 is 0 Å². The summed E-state index contributed by atoms with van der Waals surface area (Å²) in [6.07, 6.45) is 3.49. The zero-order chi connectivity index (χ0) is 14.6. The number of amides is 1. The van der Waals surface area contributed by atoms with Crippen molar-refractivity contribution in [2.45, 2.75) is 38.0 Å². The Morgan fingerprint density at radius 3 is 2.70 bits per heavy atom. The van der Waals surface area contributed by atoms with E-state index in [2.05, 4.69) is 0 Å². The fourth-order valence-corrected chi connectivity index (χ4v) is 3.10. The van der Waals surface area contributed by atoms with Crippen LogP contribution in [0.25, 0.3) is 0 Å². The minimum absolute atomic E-state index is 0.119. The lowest BCUT2D eigenvalue weighted by Gasteiger charge is -2.44. The highest BCUT2D eigenvalue weighted by Crippen LogP contribution is 2.45. The summed E-state index contributed by atoms with van der Waals surface area (Å²) in [5, 5.41) is 9.64. The van der Waals surface area contributed by atoms with E-state index in [1.54, 1.807) is 0 Å². The third-order valence-electron chi connectivity index (χ3n) is 4.25. The molecule has 0 aliphatic heterocycles. The second kappa shape index (κ2) is 6.59. The molecule has 0 radical (unpaired) electrons. The lowest BCUT2D eigenvalue weighted by molar-refractivity contribution is -0.140. The van der Waals surface area contributed by atoms with E-state index in [9.17, 15) is 4.79 Å². The Kier molecular flexibility index (Phi) is 5.06. The molecule has 1 aromatic rings. The maximum Gasteiger partial charge on any atom is 0.233 e. The molecule has 3 nitrogen and oxygen atoms in total. The van der Waals surface area contributed by atoms with Gasteiger partial charge in [-0.05, 0) is 43.9 Å². The minimum Gasteiger partial charge on any atom is -0.396 e. The number of halogens is 1. The second-order valence-electron chi connectivity index (χ2n) is 5.41. The number of benzene rings is 1. The van der Waals surface area contributed by atoms with E-state index in [1.807, 2.05) is 36.1 Å². The topological polar surface area (TPSA) is 40.5 Å². The van der Waals surface area contributed by atoms with Gasteiger partial charge in [-0.3, -0.25) is 4.79 Å². The molecule has 0 heterocycles. The molecule has 1 amide bonds. The third kappa shape index (κ3) is 2.84. The normalized spacial score (nSPS) is 16.6. The van der Waals surface area contributed by atoms with Gasteiger partial charge in [0, 0.05) is 24.7 Å². The maximum absolute atomic E-state index is 12.9. The number of hydrogen-bond acceptors (Lipinski definition) is 2. The zero-order valence-corrected chi connectivity index (χ0v) is 12.7. The van der Waals surface area contributed by atoms with Gasteiger partial charge in [0.15, 0.2) is 0 Å². The molecule has 4 heteroatoms. The molecule has 1 aliphatic carbocycles. The van der Waals surface area contributed by atoms with Gasteiger partial charge in [0.1, 0.15) is 0 Å². The summed E-state index contributed by atoms with van der Waals surface area (Å²) in [7, 11) is 0. The predicted octanol–water partition coefficient (Wildman–Crippen LogP) is 2.99. The van der Waals surface area contributed by atoms with Crippen molar-refractivity contribution in [2.75, 3.05) is 19.7 Å². The van der Waals surface area contributed by atoms with Crippen LogP contribution in [0.5, 0.6) is 0 Å². The molecule has 20 heavy (non-hydrogen) atoms. The summed E-state index contributed by atoms with van der Waals surface area (Å²) in [6.45, 7) is 3.41. The number of aliphatic hydroxyl groups is 1. The van der Waals surface area contributed by atoms with Crippen LogP contribution in [-0.4, -0.2) is 35.6 Å². The van der Waals surface area contributed by atoms with E-state index >= 15 is 0 Å². The highest BCUT2D eigenvalue weighted by atomic mass is 35.5. The monoisotopic (exact) mass is 295 g/mol. The van der Waals surface area contributed by atoms with Crippen molar-refractivity contribution in [1.29, 1.82) is 0 Å². The Labute approximate surface area is 125 Å². The molecule has 1 aromatic carbocycles. The van der Waals surface area contributed by atoms with Gasteiger partial charge in [0.2, 0.25) is 5.91 Å². The van der Waals surface area contributed by atoms with Crippen LogP contribution < -0.4 is 0 Å². The van der Waals surface area contributed by atoms with Gasteiger partial charge in [-0.1, -0.05) is 30.2 Å². The molecular formula is C16H22ClNO2. The maximum atomic E-state index is 12.9. The Morgan fingerprint density at radius 1 is 1.45 bits per heavy atom. The Morgan fingerprint density at radius 2 is 2.20 bits per heavy atom. The number of carbonyl (C=O) groups is 1. The molecule has 2 rings (SSSR count). The van der Waals surface area contributed by atoms with Crippen molar-refractivity contribution in [1.82, 2.24) is 4.90 Å². The fraction of sp³-hybridized carbons (Fsp3) is 0.562. The summed E-state index contributed by atoms with van der Waals surface area (Å²) < 4.78 is 0. The standard InChI is InChI=1S/C16H22ClNO2/c1-2-18(10-5-11-19)15(20)16(8-4-9-16)13-6-3-7-14(17)12-13/h3,6-7,12,19H,2,4-5,8-11H2,1H3. The summed E-state index contributed by atoms with van der Waals surface area (Å²) in [5.74, 6) is 0.182. The van der Waals surface area contributed by atoms with Crippen LogP contribution in [0.4, 0.5) is 0 Å². The van der Waals surface area contributed by atoms with Crippen LogP contribution in [0.3, 0.4) is 0 Å². The van der Waals surface area contributed by atoms with E-state index in [0.29, 0.717) is 24.5 Å². The molecule has 0 aromatic heterocycles. The van der Waals surface area contributed by atoms with E-state index in [4.69, 9.17) is 16.7 Å². The molecule has 1 saturated carbocycles. The van der Waals surface area contributed by atoms with Gasteiger partial charge < -0.3 is 10.0 Å². The molecule has 1 N–H and O–H groups in total. The second-order valence-corrected chi connectivity index (χ2v) is 5.84. The van der Waals surface area contributed by atoms with Crippen LogP contribution in [-0.2, 0) is 10.2 Å². The van der Waals surface area contributed by atoms with Crippen LogP contribution in [0, 0.1) is 0 Å². The molecule has 0 unspecified atom stereocenters. The minimum atomic E-state index is -0.392. The first kappa shape index (κ1) is 15.3. The van der Waals surface area contributed by atoms with Crippen molar-refractivity contribution in [3.8, 4) is 0 Å². The number of hydrogen-bond donors (Lipinski definition) is 1. The summed E-state index contributed by atoms with van der Waals surface area (Å²) in [6, 6.07) is 7.67. The largest absolute Gasteiger partial charge is 0.396 e.